The number of ether oxygens (including phenoxy) is 1. The molecule has 0 N–H and O–H groups in total. The Balaban J connectivity index is 2.01. The van der Waals surface area contributed by atoms with Crippen molar-refractivity contribution < 1.29 is 26.3 Å². The van der Waals surface area contributed by atoms with Crippen LogP contribution in [0, 0.1) is 10.8 Å². The maximum atomic E-state index is 13.7. The molecule has 1 aromatic heterocycles. The Morgan fingerprint density at radius 1 is 1.29 bits per heavy atom. The van der Waals surface area contributed by atoms with E-state index in [1.54, 1.807) is 0 Å². The fraction of sp³-hybridized carbons (Fsp3) is 0.632. The van der Waals surface area contributed by atoms with Gasteiger partial charge in [-0.05, 0) is 50.8 Å². The van der Waals surface area contributed by atoms with Crippen LogP contribution in [0.2, 0.25) is 0 Å². The largest absolute Gasteiger partial charge is 0.449 e. The van der Waals surface area contributed by atoms with E-state index >= 15 is 0 Å². The van der Waals surface area contributed by atoms with Crippen molar-refractivity contribution >= 4 is 26.7 Å². The molecule has 1 aliphatic rings. The maximum Gasteiger partial charge on any atom is 0.449 e. The van der Waals surface area contributed by atoms with Gasteiger partial charge in [-0.3, -0.25) is 4.31 Å². The van der Waals surface area contributed by atoms with E-state index in [1.165, 1.54) is 39.1 Å². The topological polar surface area (TPSA) is 93.9 Å². The summed E-state index contributed by atoms with van der Waals surface area (Å²) in [5.74, 6) is -0.975. The monoisotopic (exact) mass is 462 g/mol. The normalized spacial score (nSPS) is 18.1. The Hall–Kier alpha value is -2.21. The van der Waals surface area contributed by atoms with Crippen molar-refractivity contribution in [1.29, 1.82) is 0 Å². The van der Waals surface area contributed by atoms with Gasteiger partial charge < -0.3 is 9.30 Å². The summed E-state index contributed by atoms with van der Waals surface area (Å²) in [5.41, 5.74) is 0.486. The van der Waals surface area contributed by atoms with E-state index in [0.717, 1.165) is 8.87 Å². The number of aromatic nitrogens is 2. The van der Waals surface area contributed by atoms with Crippen molar-refractivity contribution in [1.82, 2.24) is 9.55 Å². The lowest BCUT2D eigenvalue weighted by molar-refractivity contribution is -0.147. The number of alkyl halides is 3. The van der Waals surface area contributed by atoms with Crippen LogP contribution in [0.25, 0.3) is 11.0 Å². The van der Waals surface area contributed by atoms with Gasteiger partial charge in [0.25, 0.3) is 0 Å². The first-order chi connectivity index (χ1) is 14.5. The maximum absolute atomic E-state index is 13.7. The van der Waals surface area contributed by atoms with Crippen LogP contribution < -0.4 is 4.31 Å². The first-order valence-electron chi connectivity index (χ1n) is 9.92. The van der Waals surface area contributed by atoms with Gasteiger partial charge in [0.05, 0.1) is 16.7 Å². The molecule has 8 nitrogen and oxygen atoms in total. The molecule has 172 valence electrons. The molecule has 0 saturated carbocycles. The summed E-state index contributed by atoms with van der Waals surface area (Å²) in [6, 6.07) is 3.22. The number of halogens is 3. The first-order valence-corrected chi connectivity index (χ1v) is 11.4. The highest BCUT2D eigenvalue weighted by molar-refractivity contribution is 7.93. The molecule has 3 rings (SSSR count). The molecule has 0 radical (unpaired) electrons. The van der Waals surface area contributed by atoms with Crippen molar-refractivity contribution in [2.24, 2.45) is 11.1 Å². The van der Waals surface area contributed by atoms with E-state index in [2.05, 4.69) is 10.2 Å². The number of sulfonamides is 1. The highest BCUT2D eigenvalue weighted by Crippen LogP contribution is 2.34. The number of benzene rings is 1. The minimum atomic E-state index is -4.65. The first kappa shape index (κ1) is 23.5. The molecule has 1 unspecified atom stereocenters. The number of nitrogens with zero attached hydrogens (tertiary/aromatic N) is 4. The van der Waals surface area contributed by atoms with Gasteiger partial charge in [0.1, 0.15) is 11.3 Å². The third kappa shape index (κ3) is 4.69. The number of hydrogen-bond donors (Lipinski definition) is 0. The molecule has 1 fully saturated rings. The Morgan fingerprint density at radius 3 is 2.52 bits per heavy atom. The highest BCUT2D eigenvalue weighted by Gasteiger charge is 2.38. The average molecular weight is 462 g/mol. The number of rotatable bonds is 7. The Labute approximate surface area is 178 Å². The fourth-order valence-corrected chi connectivity index (χ4v) is 5.09. The van der Waals surface area contributed by atoms with Crippen LogP contribution in [-0.4, -0.2) is 49.5 Å². The molecular weight excluding hydrogens is 437 g/mol. The van der Waals surface area contributed by atoms with Gasteiger partial charge in [-0.2, -0.15) is 18.1 Å². The number of fused-ring (bicyclic) bond motifs is 1. The summed E-state index contributed by atoms with van der Waals surface area (Å²) in [6.45, 7) is 3.93. The molecule has 0 amide bonds. The van der Waals surface area contributed by atoms with Crippen molar-refractivity contribution in [3.8, 4) is 0 Å². The summed E-state index contributed by atoms with van der Waals surface area (Å²) >= 11 is 0. The predicted octanol–water partition coefficient (Wildman–Crippen LogP) is 3.79. The number of imidazole rings is 1. The number of hydrogen-bond acceptors (Lipinski definition) is 6. The molecule has 12 heteroatoms. The van der Waals surface area contributed by atoms with Crippen LogP contribution in [0.1, 0.15) is 32.5 Å². The number of anilines is 1. The van der Waals surface area contributed by atoms with Crippen LogP contribution in [0.15, 0.2) is 23.4 Å². The second kappa shape index (κ2) is 8.73. The third-order valence-corrected chi connectivity index (χ3v) is 8.14. The van der Waals surface area contributed by atoms with Gasteiger partial charge in [-0.15, -0.1) is 0 Å². The van der Waals surface area contributed by atoms with Crippen LogP contribution in [-0.2, 0) is 27.5 Å². The Kier molecular flexibility index (Phi) is 6.61. The molecule has 31 heavy (non-hydrogen) atoms. The Bertz CT molecular complexity index is 1050. The molecule has 1 saturated heterocycles. The summed E-state index contributed by atoms with van der Waals surface area (Å²) in [5, 5.41) is 1.68. The van der Waals surface area contributed by atoms with Crippen LogP contribution >= 0.6 is 0 Å². The molecular formula is C19H25F3N4O4S. The van der Waals surface area contributed by atoms with Crippen LogP contribution in [0.5, 0.6) is 0 Å². The van der Waals surface area contributed by atoms with E-state index in [-0.39, 0.29) is 29.2 Å². The number of nitroso groups, excluding NO2 is 1. The molecule has 1 aliphatic heterocycles. The summed E-state index contributed by atoms with van der Waals surface area (Å²) in [6.07, 6.45) is -3.32. The van der Waals surface area contributed by atoms with E-state index in [9.17, 15) is 26.5 Å². The molecule has 2 aromatic rings. The lowest BCUT2D eigenvalue weighted by Gasteiger charge is -2.25. The third-order valence-electron chi connectivity index (χ3n) is 5.83. The van der Waals surface area contributed by atoms with Crippen LogP contribution in [0.4, 0.5) is 18.9 Å². The quantitative estimate of drug-likeness (QED) is 0.584. The van der Waals surface area contributed by atoms with Crippen molar-refractivity contribution in [3.63, 3.8) is 0 Å². The second-order valence-corrected chi connectivity index (χ2v) is 10.2. The van der Waals surface area contributed by atoms with Crippen molar-refractivity contribution in [2.75, 3.05) is 24.6 Å². The van der Waals surface area contributed by atoms with Gasteiger partial charge in [-0.1, -0.05) is 5.18 Å². The molecule has 0 bridgehead atoms. The molecule has 2 atom stereocenters. The standard InChI is InChI=1S/C19H25F3N4O4S/c1-12(24-27)13(2)31(28,29)25(3)15-4-5-17-16(10-15)23-18(19(20,21)22)26(17)11-14-6-8-30-9-7-14/h4-5,10,12-14H,6-9,11H2,1-3H3/t12?,13-/m0/s1. The highest BCUT2D eigenvalue weighted by atomic mass is 32.2. The lowest BCUT2D eigenvalue weighted by Crippen LogP contribution is -2.39. The molecule has 0 aliphatic carbocycles. The summed E-state index contributed by atoms with van der Waals surface area (Å²) in [7, 11) is -2.67. The average Bonchev–Trinajstić information content (AvgIpc) is 3.10. The van der Waals surface area contributed by atoms with Crippen LogP contribution in [0.3, 0.4) is 0 Å². The van der Waals surface area contributed by atoms with Gasteiger partial charge >= 0.3 is 6.18 Å². The predicted molar refractivity (Wildman–Crippen MR) is 110 cm³/mol. The van der Waals surface area contributed by atoms with Gasteiger partial charge in [0.2, 0.25) is 15.8 Å². The van der Waals surface area contributed by atoms with Crippen molar-refractivity contribution in [2.45, 2.75) is 50.7 Å². The van der Waals surface area contributed by atoms with Gasteiger partial charge in [0, 0.05) is 26.8 Å². The minimum absolute atomic E-state index is 0.0353. The lowest BCUT2D eigenvalue weighted by atomic mass is 10.0. The smallest absolute Gasteiger partial charge is 0.381 e. The zero-order valence-electron chi connectivity index (χ0n) is 17.5. The fourth-order valence-electron chi connectivity index (χ4n) is 3.63. The SMILES string of the molecule is CC(N=O)[C@H](C)S(=O)(=O)N(C)c1ccc2c(c1)nc(C(F)(F)F)n2CC1CCOCC1. The zero-order chi connectivity index (χ0) is 23.0. The second-order valence-electron chi connectivity index (χ2n) is 7.84. The molecule has 0 spiro atoms. The summed E-state index contributed by atoms with van der Waals surface area (Å²) < 4.78 is 73.9. The minimum Gasteiger partial charge on any atom is -0.381 e. The molecule has 2 heterocycles. The summed E-state index contributed by atoms with van der Waals surface area (Å²) in [4.78, 5) is 14.6. The van der Waals surface area contributed by atoms with Crippen molar-refractivity contribution in [3.05, 3.63) is 28.9 Å². The Morgan fingerprint density at radius 2 is 1.94 bits per heavy atom. The van der Waals surface area contributed by atoms with E-state index in [4.69, 9.17) is 4.74 Å². The van der Waals surface area contributed by atoms with E-state index < -0.39 is 33.3 Å². The zero-order valence-corrected chi connectivity index (χ0v) is 18.3. The van der Waals surface area contributed by atoms with Gasteiger partial charge in [0.15, 0.2) is 0 Å². The van der Waals surface area contributed by atoms with E-state index in [1.807, 2.05) is 0 Å². The molecule has 1 aromatic carbocycles. The van der Waals surface area contributed by atoms with E-state index in [0.29, 0.717) is 26.1 Å². The van der Waals surface area contributed by atoms with Gasteiger partial charge in [-0.25, -0.2) is 13.4 Å².